The van der Waals surface area contributed by atoms with E-state index >= 15 is 0 Å². The van der Waals surface area contributed by atoms with Gasteiger partial charge in [-0.2, -0.15) is 0 Å². The summed E-state index contributed by atoms with van der Waals surface area (Å²) in [6.07, 6.45) is 0.941. The second kappa shape index (κ2) is 9.37. The molecule has 0 aliphatic carbocycles. The molecule has 0 radical (unpaired) electrons. The van der Waals surface area contributed by atoms with Gasteiger partial charge in [0.2, 0.25) is 15.9 Å². The van der Waals surface area contributed by atoms with Crippen LogP contribution in [0.3, 0.4) is 0 Å². The number of amides is 1. The molecule has 0 aromatic heterocycles. The van der Waals surface area contributed by atoms with Gasteiger partial charge in [0.25, 0.3) is 5.69 Å². The minimum absolute atomic E-state index is 0.0419. The fourth-order valence-electron chi connectivity index (χ4n) is 2.68. The lowest BCUT2D eigenvalue weighted by atomic mass is 10.2. The van der Waals surface area contributed by atoms with E-state index in [9.17, 15) is 23.3 Å². The second-order valence-electron chi connectivity index (χ2n) is 6.46. The number of nitro benzene ring substituents is 1. The van der Waals surface area contributed by atoms with E-state index in [1.165, 1.54) is 25.1 Å². The Morgan fingerprint density at radius 2 is 1.90 bits per heavy atom. The van der Waals surface area contributed by atoms with Crippen LogP contribution in [0.1, 0.15) is 12.5 Å². The predicted octanol–water partition coefficient (Wildman–Crippen LogP) is 2.25. The van der Waals surface area contributed by atoms with Gasteiger partial charge in [0.1, 0.15) is 18.4 Å². The second-order valence-corrected chi connectivity index (χ2v) is 8.32. The first-order chi connectivity index (χ1) is 13.6. The molecule has 1 amide bonds. The van der Waals surface area contributed by atoms with Crippen LogP contribution < -0.4 is 14.4 Å². The maximum atomic E-state index is 12.5. The highest BCUT2D eigenvalue weighted by atomic mass is 32.2. The van der Waals surface area contributed by atoms with Gasteiger partial charge in [0, 0.05) is 12.1 Å². The molecule has 1 N–H and O–H groups in total. The summed E-state index contributed by atoms with van der Waals surface area (Å²) in [5, 5.41) is 13.6. The van der Waals surface area contributed by atoms with Crippen LogP contribution in [0, 0.1) is 17.0 Å². The molecule has 0 saturated carbocycles. The van der Waals surface area contributed by atoms with Crippen LogP contribution in [0.15, 0.2) is 48.5 Å². The molecule has 9 nitrogen and oxygen atoms in total. The smallest absolute Gasteiger partial charge is 0.271 e. The summed E-state index contributed by atoms with van der Waals surface area (Å²) < 4.78 is 30.9. The molecule has 156 valence electrons. The first kappa shape index (κ1) is 22.2. The lowest BCUT2D eigenvalue weighted by Crippen LogP contribution is -2.48. The Kier molecular flexibility index (Phi) is 7.16. The van der Waals surface area contributed by atoms with Gasteiger partial charge in [0.15, 0.2) is 0 Å². The summed E-state index contributed by atoms with van der Waals surface area (Å²) in [7, 11) is -3.86. The Morgan fingerprint density at radius 1 is 1.24 bits per heavy atom. The Morgan fingerprint density at radius 3 is 2.48 bits per heavy atom. The van der Waals surface area contributed by atoms with Crippen LogP contribution in [0.2, 0.25) is 0 Å². The number of nitrogens with one attached hydrogen (secondary N) is 1. The number of sulfonamides is 1. The fraction of sp³-hybridized carbons (Fsp3) is 0.316. The Bertz CT molecular complexity index is 976. The van der Waals surface area contributed by atoms with Gasteiger partial charge in [-0.05, 0) is 32.0 Å². The number of carbonyl (C=O) groups is 1. The molecule has 29 heavy (non-hydrogen) atoms. The molecule has 0 unspecified atom stereocenters. The molecule has 0 aliphatic rings. The van der Waals surface area contributed by atoms with E-state index in [0.717, 1.165) is 22.2 Å². The van der Waals surface area contributed by atoms with E-state index in [-0.39, 0.29) is 24.5 Å². The highest BCUT2D eigenvalue weighted by molar-refractivity contribution is 7.92. The number of hydrogen-bond donors (Lipinski definition) is 1. The van der Waals surface area contributed by atoms with Crippen molar-refractivity contribution in [3.63, 3.8) is 0 Å². The number of nitro groups is 1. The largest absolute Gasteiger partial charge is 0.492 e. The summed E-state index contributed by atoms with van der Waals surface area (Å²) in [4.78, 5) is 22.8. The van der Waals surface area contributed by atoms with Crippen molar-refractivity contribution in [3.8, 4) is 5.75 Å². The van der Waals surface area contributed by atoms with Crippen molar-refractivity contribution in [2.75, 3.05) is 23.7 Å². The molecule has 0 aliphatic heterocycles. The normalized spacial score (nSPS) is 12.1. The van der Waals surface area contributed by atoms with Crippen LogP contribution in [-0.4, -0.2) is 44.7 Å². The minimum atomic E-state index is -3.86. The van der Waals surface area contributed by atoms with Gasteiger partial charge in [-0.15, -0.1) is 0 Å². The van der Waals surface area contributed by atoms with E-state index in [1.807, 2.05) is 31.2 Å². The van der Waals surface area contributed by atoms with Crippen LogP contribution in [0.4, 0.5) is 11.4 Å². The van der Waals surface area contributed by atoms with Gasteiger partial charge in [-0.3, -0.25) is 19.2 Å². The van der Waals surface area contributed by atoms with E-state index < -0.39 is 26.9 Å². The first-order valence-corrected chi connectivity index (χ1v) is 10.7. The number of non-ortho nitro benzene ring substituents is 1. The molecule has 10 heteroatoms. The number of benzene rings is 2. The van der Waals surface area contributed by atoms with Gasteiger partial charge in [-0.25, -0.2) is 8.42 Å². The molecule has 2 rings (SSSR count). The number of anilines is 1. The zero-order valence-electron chi connectivity index (χ0n) is 16.4. The average Bonchev–Trinajstić information content (AvgIpc) is 2.65. The number of carbonyl (C=O) groups excluding carboxylic acids is 1. The summed E-state index contributed by atoms with van der Waals surface area (Å²) in [6, 6.07) is 11.5. The van der Waals surface area contributed by atoms with Crippen LogP contribution >= 0.6 is 0 Å². The van der Waals surface area contributed by atoms with Crippen molar-refractivity contribution < 1.29 is 22.9 Å². The van der Waals surface area contributed by atoms with E-state index in [1.54, 1.807) is 0 Å². The zero-order valence-corrected chi connectivity index (χ0v) is 17.2. The Balaban J connectivity index is 2.04. The number of hydrogen-bond acceptors (Lipinski definition) is 6. The van der Waals surface area contributed by atoms with Crippen molar-refractivity contribution in [3.05, 3.63) is 64.2 Å². The molecular weight excluding hydrogens is 398 g/mol. The lowest BCUT2D eigenvalue weighted by molar-refractivity contribution is -0.384. The van der Waals surface area contributed by atoms with Crippen LogP contribution in [-0.2, 0) is 14.8 Å². The van der Waals surface area contributed by atoms with Crippen LogP contribution in [0.5, 0.6) is 5.75 Å². The highest BCUT2D eigenvalue weighted by Gasteiger charge is 2.29. The third-order valence-electron chi connectivity index (χ3n) is 4.07. The van der Waals surface area contributed by atoms with E-state index in [0.29, 0.717) is 5.75 Å². The van der Waals surface area contributed by atoms with Gasteiger partial charge in [0.05, 0.1) is 23.4 Å². The molecule has 0 spiro atoms. The SMILES string of the molecule is Cc1ccc(OCCNC(=O)[C@@H](C)N(c2cccc([N+](=O)[O-])c2)S(C)(=O)=O)cc1. The molecule has 0 bridgehead atoms. The number of rotatable bonds is 9. The van der Waals surface area contributed by atoms with Crippen molar-refractivity contribution in [1.29, 1.82) is 0 Å². The van der Waals surface area contributed by atoms with Crippen molar-refractivity contribution in [2.45, 2.75) is 19.9 Å². The highest BCUT2D eigenvalue weighted by Crippen LogP contribution is 2.25. The van der Waals surface area contributed by atoms with Gasteiger partial charge >= 0.3 is 0 Å². The molecule has 0 saturated heterocycles. The topological polar surface area (TPSA) is 119 Å². The number of ether oxygens (including phenoxy) is 1. The first-order valence-electron chi connectivity index (χ1n) is 8.80. The molecule has 2 aromatic carbocycles. The average molecular weight is 421 g/mol. The molecule has 0 fully saturated rings. The summed E-state index contributed by atoms with van der Waals surface area (Å²) in [5.74, 6) is 0.113. The molecular formula is C19H23N3O6S. The van der Waals surface area contributed by atoms with Crippen molar-refractivity contribution in [1.82, 2.24) is 5.32 Å². The Hall–Kier alpha value is -3.14. The summed E-state index contributed by atoms with van der Waals surface area (Å²) >= 11 is 0. The number of nitrogens with zero attached hydrogens (tertiary/aromatic N) is 2. The fourth-order valence-corrected chi connectivity index (χ4v) is 3.84. The zero-order chi connectivity index (χ0) is 21.6. The predicted molar refractivity (Wildman–Crippen MR) is 110 cm³/mol. The lowest BCUT2D eigenvalue weighted by Gasteiger charge is -2.28. The minimum Gasteiger partial charge on any atom is -0.492 e. The third-order valence-corrected chi connectivity index (χ3v) is 5.32. The summed E-state index contributed by atoms with van der Waals surface area (Å²) in [6.45, 7) is 3.75. The van der Waals surface area contributed by atoms with E-state index in [4.69, 9.17) is 4.74 Å². The third kappa shape index (κ3) is 6.18. The van der Waals surface area contributed by atoms with Gasteiger partial charge in [-0.1, -0.05) is 23.8 Å². The molecule has 1 atom stereocenters. The van der Waals surface area contributed by atoms with Gasteiger partial charge < -0.3 is 10.1 Å². The Labute approximate surface area is 169 Å². The van der Waals surface area contributed by atoms with Crippen molar-refractivity contribution >= 4 is 27.3 Å². The van der Waals surface area contributed by atoms with Crippen LogP contribution in [0.25, 0.3) is 0 Å². The maximum Gasteiger partial charge on any atom is 0.271 e. The molecule has 0 heterocycles. The monoisotopic (exact) mass is 421 g/mol. The van der Waals surface area contributed by atoms with E-state index in [2.05, 4.69) is 5.32 Å². The quantitative estimate of drug-likeness (QED) is 0.377. The van der Waals surface area contributed by atoms with Crippen molar-refractivity contribution in [2.24, 2.45) is 0 Å². The molecule has 2 aromatic rings. The standard InChI is InChI=1S/C19H23N3O6S/c1-14-7-9-18(10-8-14)28-12-11-20-19(23)15(2)21(29(3,26)27)16-5-4-6-17(13-16)22(24)25/h4-10,13,15H,11-12H2,1-3H3,(H,20,23)/t15-/m1/s1. The number of aryl methyl sites for hydroxylation is 1. The maximum absolute atomic E-state index is 12.5. The summed E-state index contributed by atoms with van der Waals surface area (Å²) in [5.41, 5.74) is 0.872.